The Morgan fingerprint density at radius 3 is 2.29 bits per heavy atom. The molecule has 0 aromatic heterocycles. The Morgan fingerprint density at radius 1 is 0.755 bits per heavy atom. The van der Waals surface area contributed by atoms with Gasteiger partial charge in [-0.05, 0) is 62.1 Å². The third kappa shape index (κ3) is 5.32. The molecule has 6 heterocycles. The number of anilines is 1. The molecule has 0 fully saturated rings. The Kier molecular flexibility index (Phi) is 8.08. The van der Waals surface area contributed by atoms with Gasteiger partial charge in [0, 0.05) is 41.0 Å². The van der Waals surface area contributed by atoms with Crippen molar-refractivity contribution in [1.82, 2.24) is 5.32 Å². The van der Waals surface area contributed by atoms with Gasteiger partial charge in [0.2, 0.25) is 13.0 Å². The van der Waals surface area contributed by atoms with Crippen LogP contribution in [0, 0.1) is 0 Å². The minimum atomic E-state index is -0.496. The summed E-state index contributed by atoms with van der Waals surface area (Å²) in [4.78, 5) is 2.26. The number of rotatable bonds is 7. The number of nitrogens with zero attached hydrogens (tertiary/aromatic N) is 1. The molecule has 6 aliphatic rings. The maximum absolute atomic E-state index is 6.95. The van der Waals surface area contributed by atoms with Crippen LogP contribution in [0.15, 0.2) is 30.3 Å². The lowest BCUT2D eigenvalue weighted by Gasteiger charge is -2.42. The molecule has 3 aromatic rings. The second-order valence-corrected chi connectivity index (χ2v) is 13.4. The molecule has 260 valence electrons. The number of hydrogen-bond acceptors (Lipinski definition) is 12. The van der Waals surface area contributed by atoms with E-state index >= 15 is 0 Å². The minimum absolute atomic E-state index is 0.114. The zero-order chi connectivity index (χ0) is 33.1. The van der Waals surface area contributed by atoms with Crippen LogP contribution in [-0.4, -0.2) is 78.8 Å². The molecule has 0 aliphatic carbocycles. The first-order valence-corrected chi connectivity index (χ1v) is 17.4. The topological polar surface area (TPSA) is 124 Å². The van der Waals surface area contributed by atoms with Crippen molar-refractivity contribution in [3.05, 3.63) is 63.7 Å². The van der Waals surface area contributed by atoms with Gasteiger partial charge in [-0.15, -0.1) is 0 Å². The van der Waals surface area contributed by atoms with Crippen molar-refractivity contribution in [2.45, 2.75) is 56.8 Å². The number of nitrogens with one attached hydrogen (secondary N) is 1. The van der Waals surface area contributed by atoms with Gasteiger partial charge >= 0.3 is 0 Å². The van der Waals surface area contributed by atoms with E-state index in [2.05, 4.69) is 28.4 Å². The number of nitrogens with two attached hydrogens (primary N) is 1. The minimum Gasteiger partial charge on any atom is -0.486 e. The van der Waals surface area contributed by atoms with E-state index < -0.39 is 6.23 Å². The standard InChI is InChI=1S/C37H43N3O9/c1-20(38)34-33-23(9-12-44-34)24(15-27-37(33)48-19-47-27)40(17-29-32-22(8-11-42-29)3-5-25-35(32)45-14-13-43-25)30-18-46-36-26(49-30)6-4-21-7-10-41-28(16-39-2)31(21)36/h3-6,15,20,28-30,34,39H,7-14,16-19,38H2,1-2H3/t20-,28+,29-,30?,34-/m0/s1. The molecule has 0 saturated heterocycles. The van der Waals surface area contributed by atoms with Crippen molar-refractivity contribution in [2.24, 2.45) is 5.73 Å². The molecule has 0 saturated carbocycles. The molecular weight excluding hydrogens is 630 g/mol. The van der Waals surface area contributed by atoms with E-state index in [-0.39, 0.29) is 37.8 Å². The van der Waals surface area contributed by atoms with Gasteiger partial charge in [0.15, 0.2) is 34.5 Å². The van der Waals surface area contributed by atoms with Gasteiger partial charge in [0.1, 0.15) is 32.0 Å². The van der Waals surface area contributed by atoms with Crippen LogP contribution in [0.1, 0.15) is 58.6 Å². The van der Waals surface area contributed by atoms with E-state index in [1.165, 1.54) is 11.1 Å². The fraction of sp³-hybridized carbons (Fsp3) is 0.514. The van der Waals surface area contributed by atoms with E-state index in [1.807, 2.05) is 26.1 Å². The second kappa shape index (κ2) is 12.7. The molecule has 1 unspecified atom stereocenters. The zero-order valence-corrected chi connectivity index (χ0v) is 28.0. The van der Waals surface area contributed by atoms with Gasteiger partial charge in [-0.1, -0.05) is 12.1 Å². The van der Waals surface area contributed by atoms with Gasteiger partial charge in [-0.25, -0.2) is 0 Å². The molecule has 12 heteroatoms. The van der Waals surface area contributed by atoms with E-state index in [0.717, 1.165) is 58.0 Å². The van der Waals surface area contributed by atoms with Crippen LogP contribution in [0.3, 0.4) is 0 Å². The highest BCUT2D eigenvalue weighted by atomic mass is 16.7. The van der Waals surface area contributed by atoms with Gasteiger partial charge in [0.05, 0.1) is 32.5 Å². The predicted octanol–water partition coefficient (Wildman–Crippen LogP) is 3.90. The fourth-order valence-corrected chi connectivity index (χ4v) is 8.20. The number of hydrogen-bond donors (Lipinski definition) is 2. The molecule has 0 spiro atoms. The smallest absolute Gasteiger partial charge is 0.231 e. The summed E-state index contributed by atoms with van der Waals surface area (Å²) in [6.07, 6.45) is 1.03. The molecule has 3 aromatic carbocycles. The number of fused-ring (bicyclic) bond motifs is 9. The highest BCUT2D eigenvalue weighted by Crippen LogP contribution is 2.51. The Balaban J connectivity index is 1.16. The second-order valence-electron chi connectivity index (χ2n) is 13.4. The Labute approximate surface area is 285 Å². The summed E-state index contributed by atoms with van der Waals surface area (Å²) < 4.78 is 57.0. The fourth-order valence-electron chi connectivity index (χ4n) is 8.20. The molecular formula is C37H43N3O9. The zero-order valence-electron chi connectivity index (χ0n) is 28.0. The Morgan fingerprint density at radius 2 is 1.47 bits per heavy atom. The molecule has 6 aliphatic heterocycles. The molecule has 12 nitrogen and oxygen atoms in total. The summed E-state index contributed by atoms with van der Waals surface area (Å²) >= 11 is 0. The third-order valence-electron chi connectivity index (χ3n) is 10.4. The Bertz CT molecular complexity index is 1750. The van der Waals surface area contributed by atoms with Crippen LogP contribution in [0.25, 0.3) is 0 Å². The van der Waals surface area contributed by atoms with Crippen LogP contribution < -0.4 is 44.4 Å². The lowest BCUT2D eigenvalue weighted by molar-refractivity contribution is 0.0208. The van der Waals surface area contributed by atoms with Crippen LogP contribution >= 0.6 is 0 Å². The van der Waals surface area contributed by atoms with Crippen molar-refractivity contribution in [3.8, 4) is 34.5 Å². The SMILES string of the molecule is CNC[C@H]1OCCc2ccc3c(c21)OCC(N(C[C@@H]1OCCc2ccc4c(c21)OCCO4)c1cc2c(c4c1CCO[C@H]4[C@H](C)N)OCO2)O3. The number of likely N-dealkylation sites (N-methyl/N-ethyl adjacent to an activating group) is 1. The van der Waals surface area contributed by atoms with Crippen LogP contribution in [0.4, 0.5) is 5.69 Å². The van der Waals surface area contributed by atoms with Crippen molar-refractivity contribution >= 4 is 5.69 Å². The van der Waals surface area contributed by atoms with Crippen LogP contribution in [-0.2, 0) is 33.5 Å². The summed E-state index contributed by atoms with van der Waals surface area (Å²) in [6, 6.07) is 10.1. The molecule has 9 rings (SSSR count). The first kappa shape index (κ1) is 31.1. The maximum atomic E-state index is 6.95. The largest absolute Gasteiger partial charge is 0.486 e. The molecule has 0 radical (unpaired) electrons. The van der Waals surface area contributed by atoms with Gasteiger partial charge in [0.25, 0.3) is 0 Å². The van der Waals surface area contributed by atoms with Crippen LogP contribution in [0.2, 0.25) is 0 Å². The summed E-state index contributed by atoms with van der Waals surface area (Å²) in [7, 11) is 1.94. The van der Waals surface area contributed by atoms with Gasteiger partial charge in [-0.2, -0.15) is 0 Å². The lowest BCUT2D eigenvalue weighted by atomic mass is 9.90. The maximum Gasteiger partial charge on any atom is 0.231 e. The summed E-state index contributed by atoms with van der Waals surface area (Å²) in [5.41, 5.74) is 14.0. The van der Waals surface area contributed by atoms with E-state index in [0.29, 0.717) is 69.8 Å². The van der Waals surface area contributed by atoms with Crippen molar-refractivity contribution < 1.29 is 42.6 Å². The number of benzene rings is 3. The predicted molar refractivity (Wildman–Crippen MR) is 178 cm³/mol. The Hall–Kier alpha value is -3.94. The van der Waals surface area contributed by atoms with Crippen molar-refractivity contribution in [3.63, 3.8) is 0 Å². The normalized spacial score (nSPS) is 25.1. The average molecular weight is 674 g/mol. The quantitative estimate of drug-likeness (QED) is 0.378. The van der Waals surface area contributed by atoms with Crippen molar-refractivity contribution in [1.29, 1.82) is 0 Å². The van der Waals surface area contributed by atoms with E-state index in [9.17, 15) is 0 Å². The molecule has 0 amide bonds. The third-order valence-corrected chi connectivity index (χ3v) is 10.4. The summed E-state index contributed by atoms with van der Waals surface area (Å²) in [6.45, 7) is 6.35. The first-order chi connectivity index (χ1) is 24.1. The van der Waals surface area contributed by atoms with Gasteiger partial charge < -0.3 is 58.6 Å². The highest BCUT2D eigenvalue weighted by Gasteiger charge is 2.41. The van der Waals surface area contributed by atoms with E-state index in [4.69, 9.17) is 48.4 Å². The summed E-state index contributed by atoms with van der Waals surface area (Å²) in [5, 5.41) is 3.27. The lowest BCUT2D eigenvalue weighted by Crippen LogP contribution is -2.49. The molecule has 5 atom stereocenters. The monoisotopic (exact) mass is 673 g/mol. The molecule has 0 bridgehead atoms. The summed E-state index contributed by atoms with van der Waals surface area (Å²) in [5.74, 6) is 4.32. The molecule has 3 N–H and O–H groups in total. The molecule has 49 heavy (non-hydrogen) atoms. The average Bonchev–Trinajstić information content (AvgIpc) is 3.62. The van der Waals surface area contributed by atoms with Crippen molar-refractivity contribution in [2.75, 3.05) is 71.5 Å². The first-order valence-electron chi connectivity index (χ1n) is 17.4. The van der Waals surface area contributed by atoms with E-state index in [1.54, 1.807) is 0 Å². The number of ether oxygens (including phenoxy) is 9. The van der Waals surface area contributed by atoms with Gasteiger partial charge in [-0.3, -0.25) is 0 Å². The highest BCUT2D eigenvalue weighted by molar-refractivity contribution is 5.69. The van der Waals surface area contributed by atoms with Crippen LogP contribution in [0.5, 0.6) is 34.5 Å².